The van der Waals surface area contributed by atoms with Crippen molar-refractivity contribution in [3.63, 3.8) is 0 Å². The van der Waals surface area contributed by atoms with Gasteiger partial charge in [-0.05, 0) is 49.0 Å². The molecule has 150 valence electrons. The van der Waals surface area contributed by atoms with Gasteiger partial charge in [-0.25, -0.2) is 0 Å². The Labute approximate surface area is 172 Å². The van der Waals surface area contributed by atoms with E-state index in [0.717, 1.165) is 36.8 Å². The van der Waals surface area contributed by atoms with Crippen LogP contribution in [0.5, 0.6) is 0 Å². The normalized spacial score (nSPS) is 17.4. The fourth-order valence-corrected chi connectivity index (χ4v) is 3.88. The lowest BCUT2D eigenvalue weighted by Crippen LogP contribution is -2.44. The summed E-state index contributed by atoms with van der Waals surface area (Å²) >= 11 is 0. The van der Waals surface area contributed by atoms with E-state index in [1.807, 2.05) is 64.5 Å². The zero-order valence-electron chi connectivity index (χ0n) is 16.6. The van der Waals surface area contributed by atoms with Gasteiger partial charge in [-0.1, -0.05) is 36.4 Å². The lowest BCUT2D eigenvalue weighted by atomic mass is 9.94. The van der Waals surface area contributed by atoms with E-state index >= 15 is 0 Å². The molecule has 5 nitrogen and oxygen atoms in total. The average molecular weight is 389 g/mol. The molecular weight excluding hydrogens is 362 g/mol. The predicted molar refractivity (Wildman–Crippen MR) is 113 cm³/mol. The third kappa shape index (κ3) is 5.11. The number of carbonyl (C=O) groups is 2. The number of likely N-dealkylation sites (tertiary alicyclic amines) is 1. The van der Waals surface area contributed by atoms with Gasteiger partial charge < -0.3 is 9.80 Å². The van der Waals surface area contributed by atoms with Crippen LogP contribution in [0.3, 0.4) is 0 Å². The number of hydrogen-bond donors (Lipinski definition) is 0. The largest absolute Gasteiger partial charge is 0.339 e. The molecule has 0 radical (unpaired) electrons. The SMILES string of the molecule is O=C(/C=C/c1ccccc1)N1CCC(C(=O)N(Cc2cccnc2)C2CC2)CC1. The molecular formula is C24H27N3O2. The van der Waals surface area contributed by atoms with E-state index in [1.54, 1.807) is 12.3 Å². The third-order valence-corrected chi connectivity index (χ3v) is 5.72. The summed E-state index contributed by atoms with van der Waals surface area (Å²) in [6.07, 6.45) is 10.7. The Balaban J connectivity index is 1.31. The van der Waals surface area contributed by atoms with E-state index in [9.17, 15) is 9.59 Å². The first kappa shape index (κ1) is 19.4. The average Bonchev–Trinajstić information content (AvgIpc) is 3.62. The number of piperidine rings is 1. The van der Waals surface area contributed by atoms with Gasteiger partial charge in [0, 0.05) is 50.1 Å². The summed E-state index contributed by atoms with van der Waals surface area (Å²) in [5.41, 5.74) is 2.09. The molecule has 0 spiro atoms. The van der Waals surface area contributed by atoms with E-state index in [4.69, 9.17) is 0 Å². The van der Waals surface area contributed by atoms with Gasteiger partial charge in [-0.3, -0.25) is 14.6 Å². The highest BCUT2D eigenvalue weighted by Crippen LogP contribution is 2.31. The molecule has 0 bridgehead atoms. The molecule has 29 heavy (non-hydrogen) atoms. The van der Waals surface area contributed by atoms with Crippen molar-refractivity contribution in [3.8, 4) is 0 Å². The van der Waals surface area contributed by atoms with Crippen molar-refractivity contribution in [2.45, 2.75) is 38.3 Å². The summed E-state index contributed by atoms with van der Waals surface area (Å²) in [7, 11) is 0. The topological polar surface area (TPSA) is 53.5 Å². The second kappa shape index (κ2) is 9.03. The van der Waals surface area contributed by atoms with Gasteiger partial charge in [0.05, 0.1) is 0 Å². The molecule has 0 unspecified atom stereocenters. The van der Waals surface area contributed by atoms with Gasteiger partial charge in [0.1, 0.15) is 0 Å². The number of nitrogens with zero attached hydrogens (tertiary/aromatic N) is 3. The number of pyridine rings is 1. The van der Waals surface area contributed by atoms with Crippen molar-refractivity contribution in [2.24, 2.45) is 5.92 Å². The van der Waals surface area contributed by atoms with Gasteiger partial charge in [0.25, 0.3) is 0 Å². The minimum Gasteiger partial charge on any atom is -0.339 e. The smallest absolute Gasteiger partial charge is 0.246 e. The number of rotatable bonds is 6. The van der Waals surface area contributed by atoms with E-state index in [2.05, 4.69) is 4.98 Å². The first-order valence-corrected chi connectivity index (χ1v) is 10.4. The zero-order chi connectivity index (χ0) is 20.1. The Kier molecular flexibility index (Phi) is 6.03. The van der Waals surface area contributed by atoms with Crippen molar-refractivity contribution < 1.29 is 9.59 Å². The van der Waals surface area contributed by atoms with Crippen LogP contribution in [-0.2, 0) is 16.1 Å². The number of benzene rings is 1. The highest BCUT2D eigenvalue weighted by molar-refractivity contribution is 5.92. The fraction of sp³-hybridized carbons (Fsp3) is 0.375. The van der Waals surface area contributed by atoms with Crippen molar-refractivity contribution in [1.82, 2.24) is 14.8 Å². The van der Waals surface area contributed by atoms with Crippen molar-refractivity contribution in [3.05, 3.63) is 72.1 Å². The second-order valence-electron chi connectivity index (χ2n) is 7.90. The second-order valence-corrected chi connectivity index (χ2v) is 7.90. The maximum Gasteiger partial charge on any atom is 0.246 e. The van der Waals surface area contributed by atoms with Crippen LogP contribution in [0.4, 0.5) is 0 Å². The molecule has 4 rings (SSSR count). The molecule has 1 saturated heterocycles. The molecule has 1 saturated carbocycles. The number of carbonyl (C=O) groups excluding carboxylic acids is 2. The maximum absolute atomic E-state index is 13.2. The van der Waals surface area contributed by atoms with Crippen LogP contribution in [0.2, 0.25) is 0 Å². The predicted octanol–water partition coefficient (Wildman–Crippen LogP) is 3.52. The highest BCUT2D eigenvalue weighted by atomic mass is 16.2. The summed E-state index contributed by atoms with van der Waals surface area (Å²) in [6, 6.07) is 14.1. The Morgan fingerprint density at radius 2 is 1.79 bits per heavy atom. The van der Waals surface area contributed by atoms with Crippen LogP contribution in [-0.4, -0.2) is 45.7 Å². The summed E-state index contributed by atoms with van der Waals surface area (Å²) in [4.78, 5) is 33.7. The van der Waals surface area contributed by atoms with E-state index in [1.165, 1.54) is 0 Å². The summed E-state index contributed by atoms with van der Waals surface area (Å²) in [6.45, 7) is 1.91. The molecule has 1 aliphatic heterocycles. The number of amides is 2. The molecule has 2 amide bonds. The minimum absolute atomic E-state index is 0.00873. The van der Waals surface area contributed by atoms with E-state index in [0.29, 0.717) is 25.7 Å². The van der Waals surface area contributed by atoms with Crippen LogP contribution < -0.4 is 0 Å². The summed E-state index contributed by atoms with van der Waals surface area (Å²) in [5, 5.41) is 0. The molecule has 0 N–H and O–H groups in total. The standard InChI is InChI=1S/C24H27N3O2/c28-23(11-8-19-5-2-1-3-6-19)26-15-12-21(13-16-26)24(29)27(22-9-10-22)18-20-7-4-14-25-17-20/h1-8,11,14,17,21-22H,9-10,12-13,15-16,18H2/b11-8+. The first-order valence-electron chi connectivity index (χ1n) is 10.4. The van der Waals surface area contributed by atoms with Crippen LogP contribution in [0.15, 0.2) is 60.9 Å². The molecule has 1 aliphatic carbocycles. The van der Waals surface area contributed by atoms with Crippen molar-refractivity contribution >= 4 is 17.9 Å². The molecule has 0 atom stereocenters. The van der Waals surface area contributed by atoms with Crippen LogP contribution in [0, 0.1) is 5.92 Å². The van der Waals surface area contributed by atoms with Crippen LogP contribution in [0.1, 0.15) is 36.8 Å². The van der Waals surface area contributed by atoms with Gasteiger partial charge in [0.2, 0.25) is 11.8 Å². The van der Waals surface area contributed by atoms with Gasteiger partial charge in [-0.2, -0.15) is 0 Å². The Morgan fingerprint density at radius 1 is 1.03 bits per heavy atom. The number of hydrogen-bond acceptors (Lipinski definition) is 3. The van der Waals surface area contributed by atoms with E-state index in [-0.39, 0.29) is 17.7 Å². The van der Waals surface area contributed by atoms with Crippen LogP contribution in [0.25, 0.3) is 6.08 Å². The van der Waals surface area contributed by atoms with Gasteiger partial charge in [0.15, 0.2) is 0 Å². The highest BCUT2D eigenvalue weighted by Gasteiger charge is 2.37. The molecule has 2 aromatic rings. The Hall–Kier alpha value is -2.95. The minimum atomic E-state index is 0.00873. The first-order chi connectivity index (χ1) is 14.2. The molecule has 5 heteroatoms. The quantitative estimate of drug-likeness (QED) is 0.711. The monoisotopic (exact) mass is 389 g/mol. The van der Waals surface area contributed by atoms with Gasteiger partial charge in [-0.15, -0.1) is 0 Å². The molecule has 1 aromatic carbocycles. The fourth-order valence-electron chi connectivity index (χ4n) is 3.88. The maximum atomic E-state index is 13.2. The molecule has 2 fully saturated rings. The van der Waals surface area contributed by atoms with Gasteiger partial charge >= 0.3 is 0 Å². The number of aromatic nitrogens is 1. The van der Waals surface area contributed by atoms with Crippen molar-refractivity contribution in [2.75, 3.05) is 13.1 Å². The summed E-state index contributed by atoms with van der Waals surface area (Å²) < 4.78 is 0. The Bertz CT molecular complexity index is 854. The molecule has 2 heterocycles. The van der Waals surface area contributed by atoms with E-state index < -0.39 is 0 Å². The summed E-state index contributed by atoms with van der Waals surface area (Å²) in [5.74, 6) is 0.270. The molecule has 1 aromatic heterocycles. The third-order valence-electron chi connectivity index (χ3n) is 5.72. The lowest BCUT2D eigenvalue weighted by Gasteiger charge is -2.34. The zero-order valence-corrected chi connectivity index (χ0v) is 16.6. The Morgan fingerprint density at radius 3 is 2.45 bits per heavy atom. The lowest BCUT2D eigenvalue weighted by molar-refractivity contribution is -0.140. The molecule has 2 aliphatic rings. The van der Waals surface area contributed by atoms with Crippen LogP contribution >= 0.6 is 0 Å². The van der Waals surface area contributed by atoms with Crippen molar-refractivity contribution in [1.29, 1.82) is 0 Å².